The number of halogens is 1. The number of nitrogens with one attached hydrogen (secondary N) is 1. The second-order valence-corrected chi connectivity index (χ2v) is 5.87. The van der Waals surface area contributed by atoms with E-state index in [0.717, 1.165) is 5.69 Å². The van der Waals surface area contributed by atoms with Crippen LogP contribution in [0.15, 0.2) is 54.7 Å². The van der Waals surface area contributed by atoms with Crippen LogP contribution < -0.4 is 10.1 Å². The first-order valence-electron chi connectivity index (χ1n) is 7.91. The van der Waals surface area contributed by atoms with Gasteiger partial charge in [0.15, 0.2) is 11.4 Å². The third-order valence-corrected chi connectivity index (χ3v) is 4.10. The van der Waals surface area contributed by atoms with Crippen LogP contribution in [0, 0.1) is 0 Å². The molecule has 3 rings (SSSR count). The van der Waals surface area contributed by atoms with E-state index in [4.69, 9.17) is 16.3 Å². The number of hydrogen-bond acceptors (Lipinski definition) is 5. The van der Waals surface area contributed by atoms with Crippen molar-refractivity contribution in [3.63, 3.8) is 0 Å². The van der Waals surface area contributed by atoms with E-state index in [1.165, 1.54) is 26.4 Å². The van der Waals surface area contributed by atoms with Crippen molar-refractivity contribution in [1.82, 2.24) is 9.78 Å². The molecule has 0 saturated heterocycles. The fraction of sp³-hybridized carbons (Fsp3) is 0.105. The van der Waals surface area contributed by atoms with E-state index in [1.807, 2.05) is 30.3 Å². The fourth-order valence-electron chi connectivity index (χ4n) is 2.44. The molecule has 0 spiro atoms. The Morgan fingerprint density at radius 2 is 1.85 bits per heavy atom. The molecular formula is C19H16ClN3O4. The molecule has 0 radical (unpaired) electrons. The number of carbonyl (C=O) groups is 2. The average molecular weight is 386 g/mol. The van der Waals surface area contributed by atoms with Crippen molar-refractivity contribution in [3.05, 3.63) is 71.0 Å². The lowest BCUT2D eigenvalue weighted by Gasteiger charge is -2.08. The lowest BCUT2D eigenvalue weighted by atomic mass is 10.2. The number of esters is 1. The van der Waals surface area contributed by atoms with Crippen LogP contribution in [0.1, 0.15) is 20.8 Å². The first kappa shape index (κ1) is 18.5. The van der Waals surface area contributed by atoms with Crippen molar-refractivity contribution in [1.29, 1.82) is 0 Å². The molecule has 0 saturated carbocycles. The van der Waals surface area contributed by atoms with Crippen molar-refractivity contribution < 1.29 is 19.1 Å². The van der Waals surface area contributed by atoms with Gasteiger partial charge >= 0.3 is 5.97 Å². The highest BCUT2D eigenvalue weighted by Crippen LogP contribution is 2.24. The minimum Gasteiger partial charge on any atom is -0.493 e. The third-order valence-electron chi connectivity index (χ3n) is 3.77. The van der Waals surface area contributed by atoms with Gasteiger partial charge in [-0.3, -0.25) is 4.79 Å². The molecule has 1 heterocycles. The van der Waals surface area contributed by atoms with E-state index in [2.05, 4.69) is 15.2 Å². The summed E-state index contributed by atoms with van der Waals surface area (Å²) in [6.07, 6.45) is 1.62. The lowest BCUT2D eigenvalue weighted by molar-refractivity contribution is 0.0600. The van der Waals surface area contributed by atoms with Gasteiger partial charge in [0.2, 0.25) is 0 Å². The van der Waals surface area contributed by atoms with Crippen LogP contribution >= 0.6 is 11.6 Å². The van der Waals surface area contributed by atoms with Crippen LogP contribution in [0.4, 0.5) is 5.69 Å². The predicted molar refractivity (Wildman–Crippen MR) is 101 cm³/mol. The number of ether oxygens (including phenoxy) is 2. The van der Waals surface area contributed by atoms with Gasteiger partial charge in [0, 0.05) is 5.69 Å². The Hall–Kier alpha value is -3.32. The van der Waals surface area contributed by atoms with Crippen LogP contribution in [0.3, 0.4) is 0 Å². The van der Waals surface area contributed by atoms with Crippen LogP contribution in [-0.2, 0) is 4.74 Å². The maximum atomic E-state index is 12.7. The molecule has 7 nitrogen and oxygen atoms in total. The molecule has 0 aliphatic carbocycles. The average Bonchev–Trinajstić information content (AvgIpc) is 3.14. The highest BCUT2D eigenvalue weighted by molar-refractivity contribution is 6.33. The predicted octanol–water partition coefficient (Wildman–Crippen LogP) is 3.57. The number of aromatic nitrogens is 2. The largest absolute Gasteiger partial charge is 0.493 e. The second-order valence-electron chi connectivity index (χ2n) is 5.47. The van der Waals surface area contributed by atoms with Crippen molar-refractivity contribution >= 4 is 29.2 Å². The minimum absolute atomic E-state index is 0.107. The van der Waals surface area contributed by atoms with Gasteiger partial charge in [-0.2, -0.15) is 5.10 Å². The summed E-state index contributed by atoms with van der Waals surface area (Å²) in [6.45, 7) is 0. The van der Waals surface area contributed by atoms with Crippen LogP contribution in [0.25, 0.3) is 5.69 Å². The number of rotatable bonds is 5. The van der Waals surface area contributed by atoms with E-state index in [9.17, 15) is 9.59 Å². The van der Waals surface area contributed by atoms with Gasteiger partial charge in [0.1, 0.15) is 0 Å². The first-order valence-corrected chi connectivity index (χ1v) is 8.29. The van der Waals surface area contributed by atoms with Gasteiger partial charge in [-0.05, 0) is 30.3 Å². The van der Waals surface area contributed by atoms with Gasteiger partial charge in [-0.15, -0.1) is 0 Å². The summed E-state index contributed by atoms with van der Waals surface area (Å²) in [5.41, 5.74) is 1.42. The number of benzene rings is 2. The molecule has 138 valence electrons. The fourth-order valence-corrected chi connectivity index (χ4v) is 2.63. The maximum Gasteiger partial charge on any atom is 0.339 e. The molecule has 0 fully saturated rings. The Balaban J connectivity index is 1.89. The molecule has 2 aromatic carbocycles. The number of para-hydroxylation sites is 1. The Labute approximate surface area is 160 Å². The van der Waals surface area contributed by atoms with Crippen molar-refractivity contribution in [2.75, 3.05) is 19.5 Å². The molecule has 3 aromatic rings. The molecule has 0 atom stereocenters. The molecule has 1 N–H and O–H groups in total. The molecule has 27 heavy (non-hydrogen) atoms. The molecular weight excluding hydrogens is 370 g/mol. The van der Waals surface area contributed by atoms with Gasteiger partial charge in [0.05, 0.1) is 36.7 Å². The summed E-state index contributed by atoms with van der Waals surface area (Å²) in [6, 6.07) is 13.9. The quantitative estimate of drug-likeness (QED) is 0.679. The Kier molecular flexibility index (Phi) is 5.42. The molecule has 1 aromatic heterocycles. The van der Waals surface area contributed by atoms with E-state index >= 15 is 0 Å². The van der Waals surface area contributed by atoms with E-state index in [0.29, 0.717) is 11.4 Å². The summed E-state index contributed by atoms with van der Waals surface area (Å²) in [4.78, 5) is 24.4. The van der Waals surface area contributed by atoms with Crippen LogP contribution in [-0.4, -0.2) is 35.9 Å². The van der Waals surface area contributed by atoms with E-state index in [1.54, 1.807) is 16.9 Å². The Morgan fingerprint density at radius 1 is 1.11 bits per heavy atom. The van der Waals surface area contributed by atoms with Crippen molar-refractivity contribution in [3.8, 4) is 11.4 Å². The summed E-state index contributed by atoms with van der Waals surface area (Å²) < 4.78 is 11.5. The maximum absolute atomic E-state index is 12.7. The van der Waals surface area contributed by atoms with E-state index in [-0.39, 0.29) is 16.3 Å². The number of nitrogens with zero attached hydrogens (tertiary/aromatic N) is 2. The zero-order valence-corrected chi connectivity index (χ0v) is 15.4. The highest BCUT2D eigenvalue weighted by atomic mass is 35.5. The second kappa shape index (κ2) is 7.92. The standard InChI is InChI=1S/C19H16ClN3O4/c1-26-16-11-23(13-6-4-3-5-7-13)22-17(16)18(24)21-12-8-9-15(20)14(10-12)19(25)27-2/h3-11H,1-2H3,(H,21,24). The molecule has 0 unspecified atom stereocenters. The van der Waals surface area contributed by atoms with Gasteiger partial charge in [-0.1, -0.05) is 29.8 Å². The van der Waals surface area contributed by atoms with Gasteiger partial charge < -0.3 is 14.8 Å². The van der Waals surface area contributed by atoms with Crippen molar-refractivity contribution in [2.45, 2.75) is 0 Å². The smallest absolute Gasteiger partial charge is 0.339 e. The highest BCUT2D eigenvalue weighted by Gasteiger charge is 2.19. The number of anilines is 1. The number of methoxy groups -OCH3 is 2. The molecule has 0 bridgehead atoms. The first-order chi connectivity index (χ1) is 13.0. The molecule has 1 amide bonds. The summed E-state index contributed by atoms with van der Waals surface area (Å²) >= 11 is 5.99. The topological polar surface area (TPSA) is 82.5 Å². The van der Waals surface area contributed by atoms with Gasteiger partial charge in [0.25, 0.3) is 5.91 Å². The lowest BCUT2D eigenvalue weighted by Crippen LogP contribution is -2.15. The Morgan fingerprint density at radius 3 is 2.52 bits per heavy atom. The zero-order valence-electron chi connectivity index (χ0n) is 14.6. The van der Waals surface area contributed by atoms with E-state index < -0.39 is 11.9 Å². The normalized spacial score (nSPS) is 10.3. The SMILES string of the molecule is COC(=O)c1cc(NC(=O)c2nn(-c3ccccc3)cc2OC)ccc1Cl. The number of carbonyl (C=O) groups excluding carboxylic acids is 2. The van der Waals surface area contributed by atoms with Crippen LogP contribution in [0.5, 0.6) is 5.75 Å². The Bertz CT molecular complexity index is 986. The minimum atomic E-state index is -0.595. The van der Waals surface area contributed by atoms with Gasteiger partial charge in [-0.25, -0.2) is 9.48 Å². The summed E-state index contributed by atoms with van der Waals surface area (Å²) in [5, 5.41) is 7.21. The number of amides is 1. The van der Waals surface area contributed by atoms with Crippen LogP contribution in [0.2, 0.25) is 5.02 Å². The third kappa shape index (κ3) is 3.93. The summed E-state index contributed by atoms with van der Waals surface area (Å²) in [5.74, 6) is -0.764. The molecule has 8 heteroatoms. The molecule has 0 aliphatic rings. The molecule has 0 aliphatic heterocycles. The summed E-state index contributed by atoms with van der Waals surface area (Å²) in [7, 11) is 2.71. The monoisotopic (exact) mass is 385 g/mol. The zero-order chi connectivity index (χ0) is 19.4. The van der Waals surface area contributed by atoms with Crippen molar-refractivity contribution in [2.24, 2.45) is 0 Å². The number of hydrogen-bond donors (Lipinski definition) is 1.